The summed E-state index contributed by atoms with van der Waals surface area (Å²) in [6, 6.07) is 6.55. The number of aryl methyl sites for hydroxylation is 1. The van der Waals surface area contributed by atoms with Crippen LogP contribution >= 0.6 is 11.3 Å². The number of nitrogens with zero attached hydrogens (tertiary/aromatic N) is 1. The highest BCUT2D eigenvalue weighted by atomic mass is 32.1. The lowest BCUT2D eigenvalue weighted by atomic mass is 9.97. The van der Waals surface area contributed by atoms with Crippen LogP contribution in [-0.2, 0) is 23.2 Å². The number of anilines is 1. The summed E-state index contributed by atoms with van der Waals surface area (Å²) in [5.41, 5.74) is 4.64. The van der Waals surface area contributed by atoms with E-state index in [-0.39, 0.29) is 17.4 Å². The number of hydrogen-bond acceptors (Lipinski definition) is 4. The molecule has 4 nitrogen and oxygen atoms in total. The van der Waals surface area contributed by atoms with Crippen molar-refractivity contribution in [3.05, 3.63) is 45.4 Å². The average molecular weight is 343 g/mol. The predicted octanol–water partition coefficient (Wildman–Crippen LogP) is 4.18. The lowest BCUT2D eigenvalue weighted by Gasteiger charge is -2.20. The molecule has 0 spiro atoms. The van der Waals surface area contributed by atoms with Crippen LogP contribution in [0.5, 0.6) is 0 Å². The lowest BCUT2D eigenvalue weighted by Crippen LogP contribution is -2.21. The zero-order valence-corrected chi connectivity index (χ0v) is 15.6. The van der Waals surface area contributed by atoms with Crippen LogP contribution in [0.4, 0.5) is 5.69 Å². The summed E-state index contributed by atoms with van der Waals surface area (Å²) >= 11 is 1.73. The van der Waals surface area contributed by atoms with E-state index in [1.165, 1.54) is 16.1 Å². The lowest BCUT2D eigenvalue weighted by molar-refractivity contribution is -0.116. The SMILES string of the molecule is C[C@H](NCc1csc(C(C)(C)C)n1)c1ccc2c(c1)CCC(=O)N2. The molecule has 1 aromatic heterocycles. The Kier molecular flexibility index (Phi) is 4.74. The smallest absolute Gasteiger partial charge is 0.224 e. The summed E-state index contributed by atoms with van der Waals surface area (Å²) in [7, 11) is 0. The summed E-state index contributed by atoms with van der Waals surface area (Å²) in [5, 5.41) is 9.80. The second-order valence-electron chi connectivity index (χ2n) is 7.46. The highest BCUT2D eigenvalue weighted by molar-refractivity contribution is 7.09. The molecule has 1 amide bonds. The van der Waals surface area contributed by atoms with Crippen molar-refractivity contribution < 1.29 is 4.79 Å². The molecule has 1 aliphatic heterocycles. The van der Waals surface area contributed by atoms with Gasteiger partial charge in [-0.2, -0.15) is 0 Å². The normalized spacial score (nSPS) is 15.8. The zero-order chi connectivity index (χ0) is 17.3. The molecule has 128 valence electrons. The zero-order valence-electron chi connectivity index (χ0n) is 14.8. The number of benzene rings is 1. The topological polar surface area (TPSA) is 54.0 Å². The number of fused-ring (bicyclic) bond motifs is 1. The van der Waals surface area contributed by atoms with Crippen LogP contribution in [-0.4, -0.2) is 10.9 Å². The van der Waals surface area contributed by atoms with Crippen molar-refractivity contribution >= 4 is 22.9 Å². The van der Waals surface area contributed by atoms with E-state index in [0.29, 0.717) is 6.42 Å². The number of carbonyl (C=O) groups is 1. The van der Waals surface area contributed by atoms with Crippen molar-refractivity contribution in [2.75, 3.05) is 5.32 Å². The maximum atomic E-state index is 11.4. The van der Waals surface area contributed by atoms with Gasteiger partial charge in [-0.3, -0.25) is 4.79 Å². The Morgan fingerprint density at radius 2 is 2.12 bits per heavy atom. The Hall–Kier alpha value is -1.72. The molecule has 0 aliphatic carbocycles. The van der Waals surface area contributed by atoms with Crippen LogP contribution in [0.2, 0.25) is 0 Å². The number of rotatable bonds is 4. The van der Waals surface area contributed by atoms with Gasteiger partial charge >= 0.3 is 0 Å². The molecular weight excluding hydrogens is 318 g/mol. The van der Waals surface area contributed by atoms with Gasteiger partial charge in [-0.05, 0) is 30.5 Å². The number of thiazole rings is 1. The van der Waals surface area contributed by atoms with Crippen LogP contribution in [0.3, 0.4) is 0 Å². The van der Waals surface area contributed by atoms with Gasteiger partial charge in [0.2, 0.25) is 5.91 Å². The molecule has 0 fully saturated rings. The number of amides is 1. The molecule has 5 heteroatoms. The van der Waals surface area contributed by atoms with Crippen molar-refractivity contribution in [2.24, 2.45) is 0 Å². The van der Waals surface area contributed by atoms with E-state index < -0.39 is 0 Å². The first kappa shape index (κ1) is 17.1. The van der Waals surface area contributed by atoms with E-state index in [1.807, 2.05) is 6.07 Å². The van der Waals surface area contributed by atoms with E-state index in [2.05, 4.69) is 55.8 Å². The van der Waals surface area contributed by atoms with Crippen molar-refractivity contribution in [3.8, 4) is 0 Å². The Bertz CT molecular complexity index is 745. The van der Waals surface area contributed by atoms with Gasteiger partial charge in [0.05, 0.1) is 10.7 Å². The van der Waals surface area contributed by atoms with Gasteiger partial charge in [-0.15, -0.1) is 11.3 Å². The fourth-order valence-electron chi connectivity index (χ4n) is 2.78. The minimum Gasteiger partial charge on any atom is -0.326 e. The Labute approximate surface area is 147 Å². The van der Waals surface area contributed by atoms with Gasteiger partial charge in [-0.25, -0.2) is 4.98 Å². The van der Waals surface area contributed by atoms with Crippen molar-refractivity contribution in [1.29, 1.82) is 0 Å². The second kappa shape index (κ2) is 6.65. The third-order valence-electron chi connectivity index (χ3n) is 4.31. The van der Waals surface area contributed by atoms with Crippen molar-refractivity contribution in [1.82, 2.24) is 10.3 Å². The van der Waals surface area contributed by atoms with Gasteiger partial charge in [0.15, 0.2) is 0 Å². The molecular formula is C19H25N3OS. The molecule has 1 aromatic carbocycles. The first-order chi connectivity index (χ1) is 11.3. The maximum absolute atomic E-state index is 11.4. The molecule has 2 heterocycles. The molecule has 0 bridgehead atoms. The monoisotopic (exact) mass is 343 g/mol. The molecule has 2 N–H and O–H groups in total. The van der Waals surface area contributed by atoms with Gasteiger partial charge in [0, 0.05) is 35.5 Å². The summed E-state index contributed by atoms with van der Waals surface area (Å²) < 4.78 is 0. The van der Waals surface area contributed by atoms with Crippen molar-refractivity contribution in [2.45, 2.75) is 58.5 Å². The van der Waals surface area contributed by atoms with E-state index in [4.69, 9.17) is 4.98 Å². The maximum Gasteiger partial charge on any atom is 0.224 e. The highest BCUT2D eigenvalue weighted by Crippen LogP contribution is 2.27. The third-order valence-corrected chi connectivity index (χ3v) is 5.62. The molecule has 1 aliphatic rings. The van der Waals surface area contributed by atoms with Crippen molar-refractivity contribution in [3.63, 3.8) is 0 Å². The first-order valence-electron chi connectivity index (χ1n) is 8.44. The van der Waals surface area contributed by atoms with Gasteiger partial charge in [0.25, 0.3) is 0 Å². The number of carbonyl (C=O) groups excluding carboxylic acids is 1. The number of nitrogens with one attached hydrogen (secondary N) is 2. The van der Waals surface area contributed by atoms with Gasteiger partial charge in [0.1, 0.15) is 0 Å². The van der Waals surface area contributed by atoms with Crippen LogP contribution in [0.1, 0.15) is 62.0 Å². The molecule has 0 unspecified atom stereocenters. The van der Waals surface area contributed by atoms with E-state index in [1.54, 1.807) is 11.3 Å². The summed E-state index contributed by atoms with van der Waals surface area (Å²) in [6.07, 6.45) is 1.40. The Morgan fingerprint density at radius 3 is 2.83 bits per heavy atom. The average Bonchev–Trinajstić information content (AvgIpc) is 3.01. The second-order valence-corrected chi connectivity index (χ2v) is 8.32. The fourth-order valence-corrected chi connectivity index (χ4v) is 3.69. The highest BCUT2D eigenvalue weighted by Gasteiger charge is 2.19. The molecule has 1 atom stereocenters. The molecule has 0 radical (unpaired) electrons. The molecule has 3 rings (SSSR count). The van der Waals surface area contributed by atoms with Crippen LogP contribution in [0, 0.1) is 0 Å². The summed E-state index contributed by atoms with van der Waals surface area (Å²) in [5.74, 6) is 0.111. The standard InChI is InChI=1S/C19H25N3OS/c1-12(20-10-15-11-24-18(21-15)19(2,3)4)13-5-7-16-14(9-13)6-8-17(23)22-16/h5,7,9,11-12,20H,6,8,10H2,1-4H3,(H,22,23)/t12-/m0/s1. The van der Waals surface area contributed by atoms with E-state index >= 15 is 0 Å². The molecule has 0 saturated carbocycles. The molecule has 24 heavy (non-hydrogen) atoms. The fraction of sp³-hybridized carbons (Fsp3) is 0.474. The largest absolute Gasteiger partial charge is 0.326 e. The number of aromatic nitrogens is 1. The Morgan fingerprint density at radius 1 is 1.33 bits per heavy atom. The minimum absolute atomic E-state index is 0.109. The van der Waals surface area contributed by atoms with Crippen LogP contribution < -0.4 is 10.6 Å². The van der Waals surface area contributed by atoms with E-state index in [0.717, 1.165) is 24.3 Å². The minimum atomic E-state index is 0.109. The summed E-state index contributed by atoms with van der Waals surface area (Å²) in [4.78, 5) is 16.2. The third kappa shape index (κ3) is 3.84. The Balaban J connectivity index is 1.64. The number of hydrogen-bond donors (Lipinski definition) is 2. The van der Waals surface area contributed by atoms with Crippen LogP contribution in [0.15, 0.2) is 23.6 Å². The predicted molar refractivity (Wildman–Crippen MR) is 99.5 cm³/mol. The first-order valence-corrected chi connectivity index (χ1v) is 9.32. The summed E-state index contributed by atoms with van der Waals surface area (Å²) in [6.45, 7) is 9.51. The molecule has 0 saturated heterocycles. The molecule has 2 aromatic rings. The van der Waals surface area contributed by atoms with E-state index in [9.17, 15) is 4.79 Å². The van der Waals surface area contributed by atoms with Crippen LogP contribution in [0.25, 0.3) is 0 Å². The van der Waals surface area contributed by atoms with Gasteiger partial charge < -0.3 is 10.6 Å². The van der Waals surface area contributed by atoms with Gasteiger partial charge in [-0.1, -0.05) is 32.9 Å². The quantitative estimate of drug-likeness (QED) is 0.876.